The van der Waals surface area contributed by atoms with Crippen LogP contribution < -0.4 is 4.90 Å². The van der Waals surface area contributed by atoms with E-state index in [2.05, 4.69) is 40.9 Å². The lowest BCUT2D eigenvalue weighted by Gasteiger charge is -2.35. The zero-order chi connectivity index (χ0) is 17.9. The largest absolute Gasteiger partial charge is 0.353 e. The standard InChI is InChI=1S/C17H16BrN7O/c18-14-1-2-15(21-10-14)23-5-7-24(8-6-23)17(26)13-3-4-20-16(9-13)25-12-19-11-22-25/h1-4,9-12H,5-8H2. The van der Waals surface area contributed by atoms with Gasteiger partial charge in [0.1, 0.15) is 18.5 Å². The predicted molar refractivity (Wildman–Crippen MR) is 99.2 cm³/mol. The summed E-state index contributed by atoms with van der Waals surface area (Å²) in [5.74, 6) is 1.50. The zero-order valence-corrected chi connectivity index (χ0v) is 15.4. The van der Waals surface area contributed by atoms with Gasteiger partial charge in [-0.2, -0.15) is 5.10 Å². The molecule has 0 unspecified atom stereocenters. The molecule has 0 atom stereocenters. The van der Waals surface area contributed by atoms with Crippen LogP contribution in [0.4, 0.5) is 5.82 Å². The first-order chi connectivity index (χ1) is 12.7. The molecule has 3 aromatic rings. The van der Waals surface area contributed by atoms with Gasteiger partial charge in [-0.15, -0.1) is 0 Å². The molecule has 8 nitrogen and oxygen atoms in total. The fourth-order valence-corrected chi connectivity index (χ4v) is 3.11. The van der Waals surface area contributed by atoms with Gasteiger partial charge in [0.2, 0.25) is 0 Å². The zero-order valence-electron chi connectivity index (χ0n) is 13.9. The number of halogens is 1. The van der Waals surface area contributed by atoms with Crippen LogP contribution in [0.15, 0.2) is 53.8 Å². The third kappa shape index (κ3) is 3.43. The fourth-order valence-electron chi connectivity index (χ4n) is 2.88. The Bertz CT molecular complexity index is 890. The topological polar surface area (TPSA) is 80.0 Å². The van der Waals surface area contributed by atoms with E-state index in [4.69, 9.17) is 0 Å². The summed E-state index contributed by atoms with van der Waals surface area (Å²) < 4.78 is 2.49. The van der Waals surface area contributed by atoms with Crippen LogP contribution in [-0.4, -0.2) is 61.7 Å². The number of carbonyl (C=O) groups is 1. The van der Waals surface area contributed by atoms with E-state index < -0.39 is 0 Å². The van der Waals surface area contributed by atoms with Crippen LogP contribution in [0.3, 0.4) is 0 Å². The quantitative estimate of drug-likeness (QED) is 0.650. The third-order valence-corrected chi connectivity index (χ3v) is 4.72. The van der Waals surface area contributed by atoms with Crippen molar-refractivity contribution >= 4 is 27.7 Å². The molecule has 1 saturated heterocycles. The Morgan fingerprint density at radius 2 is 1.88 bits per heavy atom. The Morgan fingerprint density at radius 1 is 1.04 bits per heavy atom. The highest BCUT2D eigenvalue weighted by Gasteiger charge is 2.23. The fraction of sp³-hybridized carbons (Fsp3) is 0.235. The van der Waals surface area contributed by atoms with Gasteiger partial charge in [-0.25, -0.2) is 19.6 Å². The van der Waals surface area contributed by atoms with Crippen molar-refractivity contribution in [1.29, 1.82) is 0 Å². The summed E-state index contributed by atoms with van der Waals surface area (Å²) in [5.41, 5.74) is 0.598. The molecule has 1 aliphatic heterocycles. The maximum absolute atomic E-state index is 12.8. The summed E-state index contributed by atoms with van der Waals surface area (Å²) in [6, 6.07) is 7.42. The maximum atomic E-state index is 12.8. The van der Waals surface area contributed by atoms with E-state index in [0.29, 0.717) is 24.5 Å². The van der Waals surface area contributed by atoms with Crippen LogP contribution in [-0.2, 0) is 0 Å². The van der Waals surface area contributed by atoms with E-state index in [9.17, 15) is 4.79 Å². The van der Waals surface area contributed by atoms with Gasteiger partial charge in [0.15, 0.2) is 5.82 Å². The molecule has 9 heteroatoms. The highest BCUT2D eigenvalue weighted by Crippen LogP contribution is 2.18. The average molecular weight is 414 g/mol. The second-order valence-corrected chi connectivity index (χ2v) is 6.77. The van der Waals surface area contributed by atoms with Crippen molar-refractivity contribution in [2.75, 3.05) is 31.1 Å². The molecule has 0 radical (unpaired) electrons. The first kappa shape index (κ1) is 16.6. The van der Waals surface area contributed by atoms with Crippen molar-refractivity contribution in [3.8, 4) is 5.82 Å². The summed E-state index contributed by atoms with van der Waals surface area (Å²) in [6.07, 6.45) is 6.40. The monoisotopic (exact) mass is 413 g/mol. The minimum absolute atomic E-state index is 0.00261. The Labute approximate surface area is 158 Å². The molecule has 0 aliphatic carbocycles. The molecule has 0 aromatic carbocycles. The third-order valence-electron chi connectivity index (χ3n) is 4.25. The second kappa shape index (κ2) is 7.20. The molecule has 0 bridgehead atoms. The lowest BCUT2D eigenvalue weighted by molar-refractivity contribution is 0.0746. The molecule has 1 fully saturated rings. The summed E-state index contributed by atoms with van der Waals surface area (Å²) in [4.78, 5) is 29.4. The molecule has 4 heterocycles. The van der Waals surface area contributed by atoms with E-state index in [0.717, 1.165) is 23.4 Å². The molecule has 26 heavy (non-hydrogen) atoms. The Morgan fingerprint density at radius 3 is 2.58 bits per heavy atom. The Balaban J connectivity index is 1.44. The minimum Gasteiger partial charge on any atom is -0.353 e. The highest BCUT2D eigenvalue weighted by atomic mass is 79.9. The first-order valence-corrected chi connectivity index (χ1v) is 8.97. The maximum Gasteiger partial charge on any atom is 0.254 e. The Kier molecular flexibility index (Phi) is 4.61. The molecule has 4 rings (SSSR count). The SMILES string of the molecule is O=C(c1ccnc(-n2cncn2)c1)N1CCN(c2ccc(Br)cn2)CC1. The molecule has 0 N–H and O–H groups in total. The highest BCUT2D eigenvalue weighted by molar-refractivity contribution is 9.10. The number of nitrogens with zero attached hydrogens (tertiary/aromatic N) is 7. The van der Waals surface area contributed by atoms with E-state index >= 15 is 0 Å². The normalized spacial score (nSPS) is 14.5. The average Bonchev–Trinajstić information content (AvgIpc) is 3.23. The molecule has 1 aliphatic rings. The summed E-state index contributed by atoms with van der Waals surface area (Å²) >= 11 is 3.39. The van der Waals surface area contributed by atoms with Gasteiger partial charge in [-0.05, 0) is 40.2 Å². The van der Waals surface area contributed by atoms with Crippen LogP contribution in [0.25, 0.3) is 5.82 Å². The lowest BCUT2D eigenvalue weighted by Crippen LogP contribution is -2.49. The molecule has 132 valence electrons. The van der Waals surface area contributed by atoms with Gasteiger partial charge >= 0.3 is 0 Å². The van der Waals surface area contributed by atoms with Gasteiger partial charge in [-0.1, -0.05) is 0 Å². The minimum atomic E-state index is -0.00261. The van der Waals surface area contributed by atoms with Crippen molar-refractivity contribution in [1.82, 2.24) is 29.6 Å². The van der Waals surface area contributed by atoms with Gasteiger partial charge in [-0.3, -0.25) is 4.79 Å². The summed E-state index contributed by atoms with van der Waals surface area (Å²) in [7, 11) is 0. The van der Waals surface area contributed by atoms with E-state index in [1.807, 2.05) is 17.0 Å². The molecular formula is C17H16BrN7O. The number of rotatable bonds is 3. The predicted octanol–water partition coefficient (Wildman–Crippen LogP) is 1.78. The summed E-state index contributed by atoms with van der Waals surface area (Å²) in [5, 5.41) is 4.05. The number of anilines is 1. The van der Waals surface area contributed by atoms with Crippen molar-refractivity contribution in [3.05, 3.63) is 59.3 Å². The molecule has 0 saturated carbocycles. The number of pyridine rings is 2. The number of hydrogen-bond donors (Lipinski definition) is 0. The second-order valence-electron chi connectivity index (χ2n) is 5.86. The van der Waals surface area contributed by atoms with Crippen LogP contribution >= 0.6 is 15.9 Å². The van der Waals surface area contributed by atoms with Gasteiger partial charge in [0, 0.05) is 48.6 Å². The number of piperazine rings is 1. The smallest absolute Gasteiger partial charge is 0.254 e. The van der Waals surface area contributed by atoms with Gasteiger partial charge in [0.05, 0.1) is 0 Å². The number of carbonyl (C=O) groups excluding carboxylic acids is 1. The van der Waals surface area contributed by atoms with E-state index in [1.165, 1.54) is 11.0 Å². The van der Waals surface area contributed by atoms with Crippen LogP contribution in [0, 0.1) is 0 Å². The van der Waals surface area contributed by atoms with E-state index in [-0.39, 0.29) is 5.91 Å². The number of amides is 1. The lowest BCUT2D eigenvalue weighted by atomic mass is 10.2. The Hall–Kier alpha value is -2.81. The van der Waals surface area contributed by atoms with Crippen molar-refractivity contribution in [2.24, 2.45) is 0 Å². The van der Waals surface area contributed by atoms with Crippen LogP contribution in [0.1, 0.15) is 10.4 Å². The summed E-state index contributed by atoms with van der Waals surface area (Å²) in [6.45, 7) is 2.80. The number of aromatic nitrogens is 5. The van der Waals surface area contributed by atoms with Crippen LogP contribution in [0.5, 0.6) is 0 Å². The van der Waals surface area contributed by atoms with Gasteiger partial charge in [0.25, 0.3) is 5.91 Å². The van der Waals surface area contributed by atoms with Gasteiger partial charge < -0.3 is 9.80 Å². The van der Waals surface area contributed by atoms with Crippen molar-refractivity contribution in [2.45, 2.75) is 0 Å². The van der Waals surface area contributed by atoms with Crippen molar-refractivity contribution < 1.29 is 4.79 Å². The van der Waals surface area contributed by atoms with Crippen LogP contribution in [0.2, 0.25) is 0 Å². The molecule has 3 aromatic heterocycles. The van der Waals surface area contributed by atoms with Crippen molar-refractivity contribution in [3.63, 3.8) is 0 Å². The molecule has 1 amide bonds. The first-order valence-electron chi connectivity index (χ1n) is 8.17. The number of hydrogen-bond acceptors (Lipinski definition) is 6. The molecular weight excluding hydrogens is 398 g/mol. The molecule has 0 spiro atoms. The van der Waals surface area contributed by atoms with E-state index in [1.54, 1.807) is 30.9 Å².